The Morgan fingerprint density at radius 3 is 1.15 bits per heavy atom. The molecule has 12 heteroatoms. The van der Waals surface area contributed by atoms with Crippen LogP contribution in [-0.4, -0.2) is 58.9 Å². The van der Waals surface area contributed by atoms with Crippen LogP contribution in [-0.2, 0) is 63.8 Å². The number of hydrogen-bond acceptors (Lipinski definition) is 8. The van der Waals surface area contributed by atoms with Gasteiger partial charge in [-0.2, -0.15) is 0 Å². The van der Waals surface area contributed by atoms with Crippen molar-refractivity contribution in [3.05, 3.63) is 70.8 Å². The van der Waals surface area contributed by atoms with E-state index in [0.29, 0.717) is 12.8 Å². The molecule has 0 fully saturated rings. The molecule has 0 aromatic heterocycles. The monoisotopic (exact) mass is 740 g/mol. The molecular formula is C28H30Ag2O10. The molecule has 0 saturated carbocycles. The van der Waals surface area contributed by atoms with Gasteiger partial charge >= 0.3 is 23.9 Å². The SMILES string of the molecule is O=C(CCC(=O)c1ccccc1C(=O)O)OCCCCCCOC(=O)CCC(=O)c1ccccc1C(=O)O.[Ag].[Ag]. The molecule has 2 N–H and O–H groups in total. The van der Waals surface area contributed by atoms with Gasteiger partial charge in [-0.05, 0) is 37.8 Å². The third-order valence-electron chi connectivity index (χ3n) is 5.59. The first kappa shape index (κ1) is 37.1. The van der Waals surface area contributed by atoms with E-state index < -0.39 is 35.4 Å². The van der Waals surface area contributed by atoms with Gasteiger partial charge in [-0.1, -0.05) is 36.4 Å². The molecule has 0 spiro atoms. The Labute approximate surface area is 262 Å². The van der Waals surface area contributed by atoms with E-state index in [1.807, 2.05) is 0 Å². The summed E-state index contributed by atoms with van der Waals surface area (Å²) in [5.74, 6) is -4.38. The van der Waals surface area contributed by atoms with Crippen molar-refractivity contribution in [2.45, 2.75) is 51.4 Å². The molecule has 0 unspecified atom stereocenters. The maximum Gasteiger partial charge on any atom is 0.336 e. The number of hydrogen-bond donors (Lipinski definition) is 2. The molecule has 0 saturated heterocycles. The number of aromatic carboxylic acids is 2. The molecule has 2 radical (unpaired) electrons. The molecule has 224 valence electrons. The number of ether oxygens (including phenoxy) is 2. The van der Waals surface area contributed by atoms with Crippen molar-refractivity contribution in [1.82, 2.24) is 0 Å². The number of carboxylic acid groups (broad SMARTS) is 2. The van der Waals surface area contributed by atoms with Crippen molar-refractivity contribution in [3.8, 4) is 0 Å². The Balaban J connectivity index is 0.00000760. The zero-order valence-corrected chi connectivity index (χ0v) is 24.4. The molecule has 2 aromatic rings. The molecule has 10 nitrogen and oxygen atoms in total. The number of rotatable bonds is 17. The van der Waals surface area contributed by atoms with E-state index in [4.69, 9.17) is 19.7 Å². The number of carbonyl (C=O) groups excluding carboxylic acids is 4. The van der Waals surface area contributed by atoms with Crippen LogP contribution in [0.2, 0.25) is 0 Å². The van der Waals surface area contributed by atoms with Crippen LogP contribution < -0.4 is 0 Å². The Kier molecular flexibility index (Phi) is 18.6. The van der Waals surface area contributed by atoms with Gasteiger partial charge in [0.05, 0.1) is 37.2 Å². The average Bonchev–Trinajstić information content (AvgIpc) is 2.91. The first-order chi connectivity index (χ1) is 18.2. The van der Waals surface area contributed by atoms with Gasteiger partial charge in [0.1, 0.15) is 0 Å². The van der Waals surface area contributed by atoms with Gasteiger partial charge in [0.2, 0.25) is 0 Å². The molecule has 0 bridgehead atoms. The van der Waals surface area contributed by atoms with Crippen LogP contribution in [0.1, 0.15) is 92.8 Å². The molecule has 0 amide bonds. The van der Waals surface area contributed by atoms with E-state index >= 15 is 0 Å². The molecule has 40 heavy (non-hydrogen) atoms. The molecular weight excluding hydrogens is 712 g/mol. The minimum Gasteiger partial charge on any atom is -0.478 e. The van der Waals surface area contributed by atoms with Gasteiger partial charge in [0.15, 0.2) is 11.6 Å². The number of benzene rings is 2. The minimum atomic E-state index is -1.21. The van der Waals surface area contributed by atoms with Crippen molar-refractivity contribution in [2.75, 3.05) is 13.2 Å². The van der Waals surface area contributed by atoms with Crippen molar-refractivity contribution < 1.29 is 93.2 Å². The summed E-state index contributed by atoms with van der Waals surface area (Å²) in [5, 5.41) is 18.3. The van der Waals surface area contributed by atoms with Gasteiger partial charge in [-0.3, -0.25) is 19.2 Å². The average molecular weight is 742 g/mol. The fraction of sp³-hybridized carbons (Fsp3) is 0.357. The van der Waals surface area contributed by atoms with E-state index in [-0.39, 0.29) is 106 Å². The van der Waals surface area contributed by atoms with E-state index in [1.165, 1.54) is 36.4 Å². The van der Waals surface area contributed by atoms with E-state index in [1.54, 1.807) is 12.1 Å². The van der Waals surface area contributed by atoms with Crippen LogP contribution in [0.4, 0.5) is 0 Å². The molecule has 0 heterocycles. The third kappa shape index (κ3) is 13.0. The largest absolute Gasteiger partial charge is 0.478 e. The molecule has 2 rings (SSSR count). The van der Waals surface area contributed by atoms with Gasteiger partial charge in [-0.15, -0.1) is 0 Å². The van der Waals surface area contributed by atoms with Crippen molar-refractivity contribution in [1.29, 1.82) is 0 Å². The van der Waals surface area contributed by atoms with Crippen LogP contribution in [0, 0.1) is 0 Å². The van der Waals surface area contributed by atoms with Gasteiger partial charge in [0, 0.05) is 68.7 Å². The molecule has 0 atom stereocenters. The quantitative estimate of drug-likeness (QED) is 0.103. The third-order valence-corrected chi connectivity index (χ3v) is 5.59. The van der Waals surface area contributed by atoms with Crippen LogP contribution in [0.5, 0.6) is 0 Å². The predicted octanol–water partition coefficient (Wildman–Crippen LogP) is 4.35. The minimum absolute atomic E-state index is 0. The maximum absolute atomic E-state index is 12.2. The summed E-state index contributed by atoms with van der Waals surface area (Å²) in [5.41, 5.74) is -0.0923. The molecule has 2 aromatic carbocycles. The topological polar surface area (TPSA) is 161 Å². The van der Waals surface area contributed by atoms with Crippen LogP contribution in [0.3, 0.4) is 0 Å². The number of ketones is 2. The summed E-state index contributed by atoms with van der Waals surface area (Å²) in [6.07, 6.45) is 2.04. The van der Waals surface area contributed by atoms with E-state index in [9.17, 15) is 28.8 Å². The summed E-state index contributed by atoms with van der Waals surface area (Å²) >= 11 is 0. The second-order valence-electron chi connectivity index (χ2n) is 8.40. The molecule has 0 aliphatic carbocycles. The Bertz CT molecular complexity index is 1090. The number of Topliss-reactive ketones (excluding diaryl/α,β-unsaturated/α-hetero) is 2. The normalized spacial score (nSPS) is 9.90. The van der Waals surface area contributed by atoms with Crippen molar-refractivity contribution >= 4 is 35.4 Å². The molecule has 0 aliphatic rings. The Morgan fingerprint density at radius 2 is 0.825 bits per heavy atom. The molecule has 0 aliphatic heterocycles. The summed E-state index contributed by atoms with van der Waals surface area (Å²) < 4.78 is 10.2. The first-order valence-electron chi connectivity index (χ1n) is 12.2. The van der Waals surface area contributed by atoms with Crippen molar-refractivity contribution in [3.63, 3.8) is 0 Å². The Hall–Kier alpha value is -2.86. The standard InChI is InChI=1S/C28H30O10.2Ag/c29-23(19-9-3-5-11-21(19)27(33)34)13-15-25(31)37-17-7-1-2-8-18-38-26(32)16-14-24(30)20-10-4-6-12-22(20)28(35)36;;/h3-6,9-12H,1-2,7-8,13-18H2,(H,33,34)(H,35,36);;. The zero-order valence-electron chi connectivity index (χ0n) is 21.5. The van der Waals surface area contributed by atoms with Gasteiger partial charge < -0.3 is 19.7 Å². The van der Waals surface area contributed by atoms with Crippen LogP contribution >= 0.6 is 0 Å². The summed E-state index contributed by atoms with van der Waals surface area (Å²) in [4.78, 5) is 70.6. The van der Waals surface area contributed by atoms with E-state index in [2.05, 4.69) is 0 Å². The zero-order chi connectivity index (χ0) is 27.9. The van der Waals surface area contributed by atoms with Gasteiger partial charge in [0.25, 0.3) is 0 Å². The summed E-state index contributed by atoms with van der Waals surface area (Å²) in [6, 6.07) is 11.7. The number of carbonyl (C=O) groups is 6. The second-order valence-corrected chi connectivity index (χ2v) is 8.40. The number of esters is 2. The maximum atomic E-state index is 12.2. The van der Waals surface area contributed by atoms with Crippen LogP contribution in [0.15, 0.2) is 48.5 Å². The number of unbranched alkanes of at least 4 members (excludes halogenated alkanes) is 3. The predicted molar refractivity (Wildman–Crippen MR) is 134 cm³/mol. The number of carboxylic acids is 2. The first-order valence-corrected chi connectivity index (χ1v) is 12.2. The summed E-state index contributed by atoms with van der Waals surface area (Å²) in [7, 11) is 0. The van der Waals surface area contributed by atoms with Gasteiger partial charge in [-0.25, -0.2) is 9.59 Å². The second kappa shape index (κ2) is 20.1. The Morgan fingerprint density at radius 1 is 0.500 bits per heavy atom. The fourth-order valence-electron chi connectivity index (χ4n) is 3.60. The fourth-order valence-corrected chi connectivity index (χ4v) is 3.60. The van der Waals surface area contributed by atoms with Crippen LogP contribution in [0.25, 0.3) is 0 Å². The van der Waals surface area contributed by atoms with Crippen molar-refractivity contribution in [2.24, 2.45) is 0 Å². The smallest absolute Gasteiger partial charge is 0.336 e. The van der Waals surface area contributed by atoms with E-state index in [0.717, 1.165) is 12.8 Å². The summed E-state index contributed by atoms with van der Waals surface area (Å²) in [6.45, 7) is 0.358.